The first-order valence-corrected chi connectivity index (χ1v) is 7.93. The zero-order valence-electron chi connectivity index (χ0n) is 13.1. The molecule has 1 amide bonds. The van der Waals surface area contributed by atoms with Crippen LogP contribution >= 0.6 is 11.6 Å². The fourth-order valence-corrected chi connectivity index (χ4v) is 2.36. The summed E-state index contributed by atoms with van der Waals surface area (Å²) in [5.41, 5.74) is 2.64. The third-order valence-corrected chi connectivity index (χ3v) is 3.82. The molecule has 3 aromatic rings. The summed E-state index contributed by atoms with van der Waals surface area (Å²) in [6, 6.07) is 15.0. The molecule has 1 N–H and O–H groups in total. The van der Waals surface area contributed by atoms with E-state index in [0.717, 1.165) is 5.56 Å². The molecule has 5 nitrogen and oxygen atoms in total. The molecule has 1 aromatic heterocycles. The molecule has 1 heterocycles. The lowest BCUT2D eigenvalue weighted by molar-refractivity contribution is -0.116. The number of aryl methyl sites for hydroxylation is 2. The first-order valence-electron chi connectivity index (χ1n) is 7.56. The molecule has 0 aliphatic rings. The molecule has 0 saturated heterocycles. The molecule has 0 radical (unpaired) electrons. The number of nitrogens with zero attached hydrogens (tertiary/aromatic N) is 2. The monoisotopic (exact) mass is 341 g/mol. The number of carbonyl (C=O) groups is 1. The van der Waals surface area contributed by atoms with Crippen LogP contribution in [0.15, 0.2) is 53.1 Å². The minimum Gasteiger partial charge on any atom is -0.339 e. The van der Waals surface area contributed by atoms with E-state index in [9.17, 15) is 4.79 Å². The van der Waals surface area contributed by atoms with Gasteiger partial charge in [-0.3, -0.25) is 4.79 Å². The first-order chi connectivity index (χ1) is 11.6. The predicted octanol–water partition coefficient (Wildman–Crippen LogP) is 4.27. The Hall–Kier alpha value is -2.66. The Bertz CT molecular complexity index is 843. The van der Waals surface area contributed by atoms with Gasteiger partial charge < -0.3 is 9.84 Å². The standard InChI is InChI=1S/C18H16ClN3O2/c1-12-6-8-13(9-7-12)18-21-17(24-22-18)11-10-16(23)20-15-5-3-2-4-14(15)19/h2-9H,10-11H2,1H3,(H,20,23). The molecule has 24 heavy (non-hydrogen) atoms. The summed E-state index contributed by atoms with van der Waals surface area (Å²) >= 11 is 6.01. The minimum atomic E-state index is -0.154. The highest BCUT2D eigenvalue weighted by Crippen LogP contribution is 2.21. The van der Waals surface area contributed by atoms with Gasteiger partial charge in [-0.1, -0.05) is 58.7 Å². The van der Waals surface area contributed by atoms with Gasteiger partial charge in [0.1, 0.15) is 0 Å². The molecule has 0 fully saturated rings. The van der Waals surface area contributed by atoms with Crippen LogP contribution in [0.25, 0.3) is 11.4 Å². The fourth-order valence-electron chi connectivity index (χ4n) is 2.17. The second-order valence-corrected chi connectivity index (χ2v) is 5.81. The van der Waals surface area contributed by atoms with Crippen LogP contribution in [0.3, 0.4) is 0 Å². The Morgan fingerprint density at radius 2 is 1.92 bits per heavy atom. The van der Waals surface area contributed by atoms with E-state index in [1.54, 1.807) is 12.1 Å². The highest BCUT2D eigenvalue weighted by atomic mass is 35.5. The van der Waals surface area contributed by atoms with Gasteiger partial charge in [-0.2, -0.15) is 4.98 Å². The van der Waals surface area contributed by atoms with Gasteiger partial charge in [0, 0.05) is 18.4 Å². The van der Waals surface area contributed by atoms with E-state index < -0.39 is 0 Å². The Labute approximate surface area is 144 Å². The van der Waals surface area contributed by atoms with Crippen molar-refractivity contribution in [1.29, 1.82) is 0 Å². The topological polar surface area (TPSA) is 68.0 Å². The van der Waals surface area contributed by atoms with Crippen LogP contribution in [0.5, 0.6) is 0 Å². The minimum absolute atomic E-state index is 0.154. The number of carbonyl (C=O) groups excluding carboxylic acids is 1. The van der Waals surface area contributed by atoms with Gasteiger partial charge in [0.05, 0.1) is 10.7 Å². The van der Waals surface area contributed by atoms with Crippen molar-refractivity contribution < 1.29 is 9.32 Å². The SMILES string of the molecule is Cc1ccc(-c2noc(CCC(=O)Nc3ccccc3Cl)n2)cc1. The number of anilines is 1. The zero-order chi connectivity index (χ0) is 16.9. The van der Waals surface area contributed by atoms with Gasteiger partial charge >= 0.3 is 0 Å². The van der Waals surface area contributed by atoms with Crippen molar-refractivity contribution in [2.75, 3.05) is 5.32 Å². The third-order valence-electron chi connectivity index (χ3n) is 3.49. The van der Waals surface area contributed by atoms with Gasteiger partial charge in [-0.25, -0.2) is 0 Å². The van der Waals surface area contributed by atoms with E-state index in [-0.39, 0.29) is 12.3 Å². The zero-order valence-corrected chi connectivity index (χ0v) is 13.9. The van der Waals surface area contributed by atoms with Crippen molar-refractivity contribution in [2.45, 2.75) is 19.8 Å². The van der Waals surface area contributed by atoms with Crippen LogP contribution in [0, 0.1) is 6.92 Å². The number of nitrogens with one attached hydrogen (secondary N) is 1. The summed E-state index contributed by atoms with van der Waals surface area (Å²) in [6.45, 7) is 2.02. The third kappa shape index (κ3) is 4.00. The highest BCUT2D eigenvalue weighted by Gasteiger charge is 2.11. The van der Waals surface area contributed by atoms with Crippen LogP contribution in [0.4, 0.5) is 5.69 Å². The smallest absolute Gasteiger partial charge is 0.227 e. The molecule has 0 aliphatic heterocycles. The lowest BCUT2D eigenvalue weighted by Crippen LogP contribution is -2.12. The molecule has 0 bridgehead atoms. The number of hydrogen-bond donors (Lipinski definition) is 1. The Balaban J connectivity index is 1.58. The van der Waals surface area contributed by atoms with E-state index in [4.69, 9.17) is 16.1 Å². The summed E-state index contributed by atoms with van der Waals surface area (Å²) in [5, 5.41) is 7.22. The van der Waals surface area contributed by atoms with Crippen LogP contribution < -0.4 is 5.32 Å². The number of halogens is 1. The van der Waals surface area contributed by atoms with E-state index >= 15 is 0 Å². The van der Waals surface area contributed by atoms with Gasteiger partial charge in [-0.15, -0.1) is 0 Å². The number of benzene rings is 2. The predicted molar refractivity (Wildman–Crippen MR) is 92.9 cm³/mol. The maximum Gasteiger partial charge on any atom is 0.227 e. The first kappa shape index (κ1) is 16.2. The summed E-state index contributed by atoms with van der Waals surface area (Å²) in [7, 11) is 0. The van der Waals surface area contributed by atoms with Gasteiger partial charge in [-0.05, 0) is 19.1 Å². The summed E-state index contributed by atoms with van der Waals surface area (Å²) in [5.74, 6) is 0.801. The maximum atomic E-state index is 12.0. The second kappa shape index (κ2) is 7.27. The van der Waals surface area contributed by atoms with Crippen molar-refractivity contribution in [3.05, 3.63) is 65.0 Å². The Morgan fingerprint density at radius 1 is 1.17 bits per heavy atom. The number of para-hydroxylation sites is 1. The quantitative estimate of drug-likeness (QED) is 0.752. The molecule has 0 unspecified atom stereocenters. The Morgan fingerprint density at radius 3 is 2.67 bits per heavy atom. The summed E-state index contributed by atoms with van der Waals surface area (Å²) in [4.78, 5) is 16.3. The van der Waals surface area contributed by atoms with Crippen molar-refractivity contribution in [3.8, 4) is 11.4 Å². The molecule has 0 spiro atoms. The highest BCUT2D eigenvalue weighted by molar-refractivity contribution is 6.33. The number of hydrogen-bond acceptors (Lipinski definition) is 4. The molecule has 2 aromatic carbocycles. The largest absolute Gasteiger partial charge is 0.339 e. The van der Waals surface area contributed by atoms with E-state index in [1.165, 1.54) is 5.56 Å². The van der Waals surface area contributed by atoms with Crippen molar-refractivity contribution in [1.82, 2.24) is 10.1 Å². The average molecular weight is 342 g/mol. The molecule has 3 rings (SSSR count). The second-order valence-electron chi connectivity index (χ2n) is 5.41. The normalized spacial score (nSPS) is 10.6. The molecule has 0 atom stereocenters. The summed E-state index contributed by atoms with van der Waals surface area (Å²) < 4.78 is 5.21. The molecule has 122 valence electrons. The van der Waals surface area contributed by atoms with Crippen molar-refractivity contribution in [3.63, 3.8) is 0 Å². The Kier molecular flexibility index (Phi) is 4.91. The fraction of sp³-hybridized carbons (Fsp3) is 0.167. The van der Waals surface area contributed by atoms with Crippen LogP contribution in [-0.2, 0) is 11.2 Å². The van der Waals surface area contributed by atoms with E-state index in [1.807, 2.05) is 43.3 Å². The molecular weight excluding hydrogens is 326 g/mol. The van der Waals surface area contributed by atoms with Crippen LogP contribution in [-0.4, -0.2) is 16.0 Å². The van der Waals surface area contributed by atoms with Crippen molar-refractivity contribution >= 4 is 23.2 Å². The van der Waals surface area contributed by atoms with Crippen LogP contribution in [0.1, 0.15) is 17.9 Å². The lowest BCUT2D eigenvalue weighted by Gasteiger charge is -2.05. The number of rotatable bonds is 5. The lowest BCUT2D eigenvalue weighted by atomic mass is 10.1. The number of aromatic nitrogens is 2. The van der Waals surface area contributed by atoms with Gasteiger partial charge in [0.25, 0.3) is 0 Å². The summed E-state index contributed by atoms with van der Waals surface area (Å²) in [6.07, 6.45) is 0.607. The van der Waals surface area contributed by atoms with Crippen molar-refractivity contribution in [2.24, 2.45) is 0 Å². The van der Waals surface area contributed by atoms with E-state index in [0.29, 0.717) is 28.8 Å². The van der Waals surface area contributed by atoms with Gasteiger partial charge in [0.15, 0.2) is 0 Å². The van der Waals surface area contributed by atoms with E-state index in [2.05, 4.69) is 15.5 Å². The average Bonchev–Trinajstić information content (AvgIpc) is 3.05. The van der Waals surface area contributed by atoms with Crippen LogP contribution in [0.2, 0.25) is 5.02 Å². The molecule has 6 heteroatoms. The van der Waals surface area contributed by atoms with Gasteiger partial charge in [0.2, 0.25) is 17.6 Å². The molecule has 0 saturated carbocycles. The number of amides is 1. The molecule has 0 aliphatic carbocycles. The molecular formula is C18H16ClN3O2. The maximum absolute atomic E-state index is 12.0.